The van der Waals surface area contributed by atoms with Gasteiger partial charge < -0.3 is 9.84 Å². The largest absolute Gasteiger partial charge is 0.481 e. The molecule has 2 aromatic heterocycles. The van der Waals surface area contributed by atoms with Crippen LogP contribution in [0, 0.1) is 25.2 Å². The Morgan fingerprint density at radius 1 is 1.14 bits per heavy atom. The molecule has 1 atom stereocenters. The number of carboxylic acid groups (broad SMARTS) is 1. The van der Waals surface area contributed by atoms with E-state index < -0.39 is 12.0 Å². The van der Waals surface area contributed by atoms with Crippen LogP contribution in [-0.2, 0) is 16.1 Å². The number of thiophene rings is 1. The molecule has 0 fully saturated rings. The highest BCUT2D eigenvalue weighted by molar-refractivity contribution is 7.15. The summed E-state index contributed by atoms with van der Waals surface area (Å²) in [7, 11) is 1.66. The normalized spacial score (nSPS) is 14.4. The third-order valence-electron chi connectivity index (χ3n) is 6.23. The van der Waals surface area contributed by atoms with E-state index in [1.165, 1.54) is 0 Å². The first-order chi connectivity index (χ1) is 17.4. The van der Waals surface area contributed by atoms with Crippen molar-refractivity contribution in [3.05, 3.63) is 87.3 Å². The van der Waals surface area contributed by atoms with E-state index in [-0.39, 0.29) is 6.42 Å². The zero-order chi connectivity index (χ0) is 25.4. The number of methoxy groups -OCH3 is 1. The van der Waals surface area contributed by atoms with Gasteiger partial charge in [-0.1, -0.05) is 36.4 Å². The summed E-state index contributed by atoms with van der Waals surface area (Å²) in [4.78, 5) is 17.8. The van der Waals surface area contributed by atoms with Gasteiger partial charge in [0.2, 0.25) is 0 Å². The van der Waals surface area contributed by atoms with Crippen LogP contribution in [-0.4, -0.2) is 38.7 Å². The van der Waals surface area contributed by atoms with Crippen LogP contribution >= 0.6 is 11.3 Å². The lowest BCUT2D eigenvalue weighted by molar-refractivity contribution is -0.137. The number of rotatable bonds is 6. The van der Waals surface area contributed by atoms with E-state index in [1.807, 2.05) is 60.9 Å². The van der Waals surface area contributed by atoms with Crippen molar-refractivity contribution in [2.45, 2.75) is 32.9 Å². The zero-order valence-electron chi connectivity index (χ0n) is 20.0. The van der Waals surface area contributed by atoms with Gasteiger partial charge in [-0.15, -0.1) is 21.5 Å². The lowest BCUT2D eigenvalue weighted by Crippen LogP contribution is -2.10. The van der Waals surface area contributed by atoms with Gasteiger partial charge in [0.05, 0.1) is 30.4 Å². The Hall–Kier alpha value is -4.13. The number of hydrogen-bond acceptors (Lipinski definition) is 7. The van der Waals surface area contributed by atoms with Gasteiger partial charge in [-0.05, 0) is 42.7 Å². The fourth-order valence-electron chi connectivity index (χ4n) is 4.48. The maximum absolute atomic E-state index is 11.7. The Balaban J connectivity index is 1.68. The van der Waals surface area contributed by atoms with Crippen LogP contribution in [0.5, 0.6) is 0 Å². The molecular formula is C27H23N5O3S. The van der Waals surface area contributed by atoms with Crippen LogP contribution in [0.2, 0.25) is 0 Å². The summed E-state index contributed by atoms with van der Waals surface area (Å²) in [5.74, 6) is 0.238. The van der Waals surface area contributed by atoms with E-state index in [1.54, 1.807) is 24.5 Å². The summed E-state index contributed by atoms with van der Waals surface area (Å²) in [5.41, 5.74) is 6.08. The fourth-order valence-corrected chi connectivity index (χ4v) is 5.82. The Morgan fingerprint density at radius 3 is 2.58 bits per heavy atom. The molecule has 1 aliphatic heterocycles. The first-order valence-electron chi connectivity index (χ1n) is 11.4. The molecule has 0 radical (unpaired) electrons. The van der Waals surface area contributed by atoms with E-state index in [4.69, 9.17) is 9.73 Å². The third kappa shape index (κ3) is 4.11. The molecule has 1 N–H and O–H groups in total. The van der Waals surface area contributed by atoms with Gasteiger partial charge in [0.25, 0.3) is 0 Å². The van der Waals surface area contributed by atoms with Gasteiger partial charge in [-0.2, -0.15) is 5.26 Å². The van der Waals surface area contributed by atoms with Crippen molar-refractivity contribution in [1.82, 2.24) is 14.8 Å². The average molecular weight is 498 g/mol. The van der Waals surface area contributed by atoms with E-state index in [9.17, 15) is 15.2 Å². The highest BCUT2D eigenvalue weighted by Gasteiger charge is 2.32. The maximum atomic E-state index is 11.7. The zero-order valence-corrected chi connectivity index (χ0v) is 20.8. The monoisotopic (exact) mass is 497 g/mol. The Kier molecular flexibility index (Phi) is 6.22. The molecule has 3 heterocycles. The summed E-state index contributed by atoms with van der Waals surface area (Å²) in [5, 5.41) is 28.3. The summed E-state index contributed by atoms with van der Waals surface area (Å²) in [6.07, 6.45) is -0.195. The number of aliphatic imine (C=N–C) groups is 1. The van der Waals surface area contributed by atoms with Crippen LogP contribution in [0.1, 0.15) is 51.2 Å². The second-order valence-corrected chi connectivity index (χ2v) is 9.65. The number of aromatic nitrogens is 3. The van der Waals surface area contributed by atoms with Gasteiger partial charge in [-0.3, -0.25) is 14.4 Å². The topological polar surface area (TPSA) is 113 Å². The molecular weight excluding hydrogens is 474 g/mol. The number of hydrogen-bond donors (Lipinski definition) is 1. The second kappa shape index (κ2) is 9.49. The van der Waals surface area contributed by atoms with Gasteiger partial charge in [0.1, 0.15) is 16.9 Å². The number of carbonyl (C=O) groups is 1. The molecule has 0 aliphatic carbocycles. The standard InChI is InChI=1S/C27H23N5O3S/c1-15-22(14-35-3)36-27-24(15)25(29-21(12-23(33)34)26-31-30-16(2)32(26)27)19-9-7-18(8-10-19)20-6-4-5-17(11-20)13-28/h4-11,21H,12,14H2,1-3H3,(H,33,34)/t21-/m0/s1. The third-order valence-corrected chi connectivity index (χ3v) is 7.48. The number of fused-ring (bicyclic) bond motifs is 3. The van der Waals surface area contributed by atoms with Crippen LogP contribution < -0.4 is 0 Å². The minimum absolute atomic E-state index is 0.195. The summed E-state index contributed by atoms with van der Waals surface area (Å²) < 4.78 is 7.37. The Bertz CT molecular complexity index is 1540. The van der Waals surface area contributed by atoms with Crippen LogP contribution in [0.25, 0.3) is 16.1 Å². The van der Waals surface area contributed by atoms with Crippen molar-refractivity contribution < 1.29 is 14.6 Å². The molecule has 1 aliphatic rings. The maximum Gasteiger partial charge on any atom is 0.306 e. The first-order valence-corrected chi connectivity index (χ1v) is 12.2. The molecule has 2 aromatic carbocycles. The Morgan fingerprint density at radius 2 is 1.89 bits per heavy atom. The average Bonchev–Trinajstić information content (AvgIpc) is 3.37. The molecule has 0 amide bonds. The number of aliphatic carboxylic acids is 1. The van der Waals surface area contributed by atoms with E-state index in [0.717, 1.165) is 43.4 Å². The fraction of sp³-hybridized carbons (Fsp3) is 0.222. The lowest BCUT2D eigenvalue weighted by Gasteiger charge is -2.12. The molecule has 9 heteroatoms. The summed E-state index contributed by atoms with van der Waals surface area (Å²) in [6, 6.07) is 16.9. The van der Waals surface area contributed by atoms with Gasteiger partial charge in [0.15, 0.2) is 5.82 Å². The number of carboxylic acids is 1. The van der Waals surface area contributed by atoms with E-state index in [0.29, 0.717) is 23.8 Å². The highest BCUT2D eigenvalue weighted by atomic mass is 32.1. The summed E-state index contributed by atoms with van der Waals surface area (Å²) >= 11 is 1.58. The van der Waals surface area contributed by atoms with Crippen LogP contribution in [0.15, 0.2) is 53.5 Å². The highest BCUT2D eigenvalue weighted by Crippen LogP contribution is 2.40. The molecule has 5 rings (SSSR count). The SMILES string of the molecule is COCc1sc2c(c1C)C(c1ccc(-c3cccc(C#N)c3)cc1)=N[C@@H](CC(=O)O)c1nnc(C)n1-2. The molecule has 8 nitrogen and oxygen atoms in total. The van der Waals surface area contributed by atoms with Crippen molar-refractivity contribution in [2.75, 3.05) is 7.11 Å². The van der Waals surface area contributed by atoms with Gasteiger partial charge in [-0.25, -0.2) is 0 Å². The van der Waals surface area contributed by atoms with Crippen molar-refractivity contribution in [2.24, 2.45) is 4.99 Å². The Labute approximate surface area is 212 Å². The minimum atomic E-state index is -0.954. The predicted octanol–water partition coefficient (Wildman–Crippen LogP) is 5.00. The lowest BCUT2D eigenvalue weighted by atomic mass is 9.96. The summed E-state index contributed by atoms with van der Waals surface area (Å²) in [6.45, 7) is 4.36. The number of nitrogens with zero attached hydrogens (tertiary/aromatic N) is 5. The van der Waals surface area contributed by atoms with Gasteiger partial charge in [0, 0.05) is 23.1 Å². The van der Waals surface area contributed by atoms with Crippen molar-refractivity contribution in [3.63, 3.8) is 0 Å². The van der Waals surface area contributed by atoms with Crippen molar-refractivity contribution >= 4 is 23.0 Å². The molecule has 0 bridgehead atoms. The van der Waals surface area contributed by atoms with Crippen LogP contribution in [0.3, 0.4) is 0 Å². The molecule has 36 heavy (non-hydrogen) atoms. The molecule has 0 spiro atoms. The number of aryl methyl sites for hydroxylation is 1. The van der Waals surface area contributed by atoms with Gasteiger partial charge >= 0.3 is 5.97 Å². The van der Waals surface area contributed by atoms with E-state index >= 15 is 0 Å². The number of ether oxygens (including phenoxy) is 1. The predicted molar refractivity (Wildman–Crippen MR) is 137 cm³/mol. The van der Waals surface area contributed by atoms with Crippen LogP contribution in [0.4, 0.5) is 0 Å². The minimum Gasteiger partial charge on any atom is -0.481 e. The molecule has 4 aromatic rings. The molecule has 180 valence electrons. The number of benzene rings is 2. The molecule has 0 unspecified atom stereocenters. The van der Waals surface area contributed by atoms with E-state index in [2.05, 4.69) is 16.3 Å². The number of nitriles is 1. The smallest absolute Gasteiger partial charge is 0.306 e. The second-order valence-electron chi connectivity index (χ2n) is 8.57. The molecule has 0 saturated heterocycles. The van der Waals surface area contributed by atoms with Crippen molar-refractivity contribution in [3.8, 4) is 22.2 Å². The first kappa shape index (κ1) is 23.6. The molecule has 0 saturated carbocycles. The van der Waals surface area contributed by atoms with Crippen molar-refractivity contribution in [1.29, 1.82) is 5.26 Å². The quantitative estimate of drug-likeness (QED) is 0.401.